The molecule has 0 aliphatic heterocycles. The van der Waals surface area contributed by atoms with Gasteiger partial charge in [-0.1, -0.05) is 24.3 Å². The minimum atomic E-state index is -0.938. The number of hydrogen-bond acceptors (Lipinski definition) is 3. The van der Waals surface area contributed by atoms with E-state index < -0.39 is 11.9 Å². The summed E-state index contributed by atoms with van der Waals surface area (Å²) >= 11 is 1.47. The third kappa shape index (κ3) is 3.64. The molecule has 0 aliphatic carbocycles. The minimum Gasteiger partial charge on any atom is -0.478 e. The van der Waals surface area contributed by atoms with Crippen molar-refractivity contribution in [3.63, 3.8) is 0 Å². The molecular weight excluding hydrogens is 286 g/mol. The molecule has 108 valence electrons. The van der Waals surface area contributed by atoms with Crippen molar-refractivity contribution in [2.75, 3.05) is 0 Å². The average Bonchev–Trinajstić information content (AvgIpc) is 2.46. The molecule has 0 aliphatic rings. The number of hydrogen-bond donors (Lipinski definition) is 2. The van der Waals surface area contributed by atoms with Crippen LogP contribution in [0.5, 0.6) is 0 Å². The van der Waals surface area contributed by atoms with E-state index in [2.05, 4.69) is 0 Å². The van der Waals surface area contributed by atoms with Crippen molar-refractivity contribution >= 4 is 23.6 Å². The zero-order valence-electron chi connectivity index (χ0n) is 11.5. The summed E-state index contributed by atoms with van der Waals surface area (Å²) in [5.74, 6) is -0.838. The molecule has 2 rings (SSSR count). The standard InChI is InChI=1S/C16H15NO3S/c1-10-6-7-12(8-14(10)16(19)20)21-9-11-4-2-3-5-13(11)15(17)18/h2-8H,9H2,1H3,(H2,17,18)(H,19,20). The van der Waals surface area contributed by atoms with E-state index in [-0.39, 0.29) is 0 Å². The van der Waals surface area contributed by atoms with Gasteiger partial charge in [-0.2, -0.15) is 0 Å². The molecule has 2 aromatic rings. The van der Waals surface area contributed by atoms with Gasteiger partial charge in [-0.3, -0.25) is 4.79 Å². The minimum absolute atomic E-state index is 0.295. The molecule has 0 saturated carbocycles. The van der Waals surface area contributed by atoms with Crippen molar-refractivity contribution in [2.24, 2.45) is 5.73 Å². The molecule has 0 spiro atoms. The van der Waals surface area contributed by atoms with Gasteiger partial charge in [0.2, 0.25) is 5.91 Å². The van der Waals surface area contributed by atoms with E-state index in [0.29, 0.717) is 16.9 Å². The molecule has 0 bridgehead atoms. The van der Waals surface area contributed by atoms with Crippen LogP contribution in [0.25, 0.3) is 0 Å². The highest BCUT2D eigenvalue weighted by atomic mass is 32.2. The van der Waals surface area contributed by atoms with E-state index in [1.165, 1.54) is 11.8 Å². The van der Waals surface area contributed by atoms with Gasteiger partial charge in [0, 0.05) is 16.2 Å². The second-order valence-electron chi connectivity index (χ2n) is 4.59. The number of nitrogens with two attached hydrogens (primary N) is 1. The van der Waals surface area contributed by atoms with Gasteiger partial charge in [-0.15, -0.1) is 11.8 Å². The Hall–Kier alpha value is -2.27. The molecule has 0 unspecified atom stereocenters. The molecule has 0 heterocycles. The van der Waals surface area contributed by atoms with Crippen molar-refractivity contribution in [2.45, 2.75) is 17.6 Å². The highest BCUT2D eigenvalue weighted by Crippen LogP contribution is 2.26. The SMILES string of the molecule is Cc1ccc(SCc2ccccc2C(N)=O)cc1C(=O)O. The van der Waals surface area contributed by atoms with Gasteiger partial charge in [0.25, 0.3) is 0 Å². The Kier molecular flexibility index (Phi) is 4.65. The fraction of sp³-hybridized carbons (Fsp3) is 0.125. The first-order valence-corrected chi connectivity index (χ1v) is 7.32. The Morgan fingerprint density at radius 2 is 1.86 bits per heavy atom. The quantitative estimate of drug-likeness (QED) is 0.832. The molecule has 21 heavy (non-hydrogen) atoms. The second kappa shape index (κ2) is 6.45. The number of rotatable bonds is 5. The summed E-state index contributed by atoms with van der Waals surface area (Å²) in [6.07, 6.45) is 0. The summed E-state index contributed by atoms with van der Waals surface area (Å²) in [5.41, 5.74) is 7.70. The largest absolute Gasteiger partial charge is 0.478 e. The summed E-state index contributed by atoms with van der Waals surface area (Å²) < 4.78 is 0. The summed E-state index contributed by atoms with van der Waals surface area (Å²) in [5, 5.41) is 9.12. The number of benzene rings is 2. The van der Waals surface area contributed by atoms with Crippen LogP contribution in [0.3, 0.4) is 0 Å². The fourth-order valence-corrected chi connectivity index (χ4v) is 2.91. The Morgan fingerprint density at radius 3 is 2.52 bits per heavy atom. The van der Waals surface area contributed by atoms with Gasteiger partial charge in [0.1, 0.15) is 0 Å². The molecule has 0 atom stereocenters. The number of carbonyl (C=O) groups excluding carboxylic acids is 1. The number of aromatic carboxylic acids is 1. The smallest absolute Gasteiger partial charge is 0.335 e. The van der Waals surface area contributed by atoms with Crippen LogP contribution in [0.2, 0.25) is 0 Å². The van der Waals surface area contributed by atoms with Gasteiger partial charge in [-0.25, -0.2) is 4.79 Å². The summed E-state index contributed by atoms with van der Waals surface area (Å²) in [4.78, 5) is 23.3. The van der Waals surface area contributed by atoms with E-state index in [0.717, 1.165) is 16.0 Å². The second-order valence-corrected chi connectivity index (χ2v) is 5.64. The van der Waals surface area contributed by atoms with E-state index in [1.54, 1.807) is 31.2 Å². The molecule has 2 aromatic carbocycles. The van der Waals surface area contributed by atoms with E-state index in [1.807, 2.05) is 18.2 Å². The average molecular weight is 301 g/mol. The lowest BCUT2D eigenvalue weighted by molar-refractivity contribution is 0.0695. The Labute approximate surface area is 127 Å². The molecule has 4 nitrogen and oxygen atoms in total. The lowest BCUT2D eigenvalue weighted by Crippen LogP contribution is -2.13. The molecule has 3 N–H and O–H groups in total. The van der Waals surface area contributed by atoms with E-state index >= 15 is 0 Å². The molecule has 0 saturated heterocycles. The van der Waals surface area contributed by atoms with E-state index in [9.17, 15) is 9.59 Å². The molecule has 0 radical (unpaired) electrons. The zero-order chi connectivity index (χ0) is 15.4. The van der Waals surface area contributed by atoms with Gasteiger partial charge >= 0.3 is 5.97 Å². The fourth-order valence-electron chi connectivity index (χ4n) is 1.97. The van der Waals surface area contributed by atoms with Crippen molar-refractivity contribution in [1.82, 2.24) is 0 Å². The maximum Gasteiger partial charge on any atom is 0.335 e. The predicted octanol–water partition coefficient (Wildman–Crippen LogP) is 3.08. The van der Waals surface area contributed by atoms with Gasteiger partial charge in [-0.05, 0) is 36.2 Å². The Morgan fingerprint density at radius 1 is 1.14 bits per heavy atom. The first kappa shape index (κ1) is 15.1. The van der Waals surface area contributed by atoms with Crippen LogP contribution in [-0.4, -0.2) is 17.0 Å². The number of carboxylic acids is 1. The highest BCUT2D eigenvalue weighted by molar-refractivity contribution is 7.98. The molecule has 0 fully saturated rings. The van der Waals surface area contributed by atoms with Crippen molar-refractivity contribution in [3.8, 4) is 0 Å². The van der Waals surface area contributed by atoms with E-state index in [4.69, 9.17) is 10.8 Å². The molecule has 5 heteroatoms. The normalized spacial score (nSPS) is 10.3. The predicted molar refractivity (Wildman–Crippen MR) is 82.7 cm³/mol. The number of carbonyl (C=O) groups is 2. The Bertz CT molecular complexity index is 698. The first-order valence-electron chi connectivity index (χ1n) is 6.33. The molecule has 1 amide bonds. The van der Waals surface area contributed by atoms with Crippen LogP contribution in [0.4, 0.5) is 0 Å². The highest BCUT2D eigenvalue weighted by Gasteiger charge is 2.10. The molecule has 0 aromatic heterocycles. The maximum absolute atomic E-state index is 11.4. The lowest BCUT2D eigenvalue weighted by atomic mass is 10.1. The summed E-state index contributed by atoms with van der Waals surface area (Å²) in [6, 6.07) is 12.5. The summed E-state index contributed by atoms with van der Waals surface area (Å²) in [6.45, 7) is 1.76. The van der Waals surface area contributed by atoms with Crippen LogP contribution in [0.15, 0.2) is 47.4 Å². The van der Waals surface area contributed by atoms with Gasteiger partial charge in [0.05, 0.1) is 5.56 Å². The van der Waals surface area contributed by atoms with Gasteiger partial charge < -0.3 is 10.8 Å². The number of aryl methyl sites for hydroxylation is 1. The van der Waals surface area contributed by atoms with Gasteiger partial charge in [0.15, 0.2) is 0 Å². The third-order valence-electron chi connectivity index (χ3n) is 3.12. The first-order chi connectivity index (χ1) is 9.99. The summed E-state index contributed by atoms with van der Waals surface area (Å²) in [7, 11) is 0. The number of primary amides is 1. The number of thioether (sulfide) groups is 1. The zero-order valence-corrected chi connectivity index (χ0v) is 12.3. The number of carboxylic acid groups (broad SMARTS) is 1. The topological polar surface area (TPSA) is 80.4 Å². The number of amides is 1. The maximum atomic E-state index is 11.4. The Balaban J connectivity index is 2.19. The van der Waals surface area contributed by atoms with Crippen LogP contribution in [0.1, 0.15) is 31.8 Å². The van der Waals surface area contributed by atoms with Crippen LogP contribution in [0, 0.1) is 6.92 Å². The third-order valence-corrected chi connectivity index (χ3v) is 4.16. The molecular formula is C16H15NO3S. The van der Waals surface area contributed by atoms with Crippen molar-refractivity contribution < 1.29 is 14.7 Å². The van der Waals surface area contributed by atoms with Crippen molar-refractivity contribution in [1.29, 1.82) is 0 Å². The van der Waals surface area contributed by atoms with Crippen LogP contribution in [-0.2, 0) is 5.75 Å². The lowest BCUT2D eigenvalue weighted by Gasteiger charge is -2.08. The van der Waals surface area contributed by atoms with Crippen LogP contribution < -0.4 is 5.73 Å². The van der Waals surface area contributed by atoms with Crippen molar-refractivity contribution in [3.05, 3.63) is 64.7 Å². The monoisotopic (exact) mass is 301 g/mol. The van der Waals surface area contributed by atoms with Crippen LogP contribution >= 0.6 is 11.8 Å².